The summed E-state index contributed by atoms with van der Waals surface area (Å²) in [6.07, 6.45) is 0.914. The van der Waals surface area contributed by atoms with Crippen LogP contribution in [-0.2, 0) is 11.3 Å². The molecule has 0 amide bonds. The molecule has 0 bridgehead atoms. The van der Waals surface area contributed by atoms with Crippen LogP contribution in [-0.4, -0.2) is 29.8 Å². The van der Waals surface area contributed by atoms with E-state index in [1.807, 2.05) is 0 Å². The number of benzene rings is 1. The number of nitrogens with zero attached hydrogens (tertiary/aromatic N) is 1. The van der Waals surface area contributed by atoms with Crippen molar-refractivity contribution in [2.45, 2.75) is 25.4 Å². The van der Waals surface area contributed by atoms with Gasteiger partial charge in [0.25, 0.3) is 0 Å². The van der Waals surface area contributed by atoms with E-state index in [0.717, 1.165) is 13.0 Å². The molecule has 0 aliphatic carbocycles. The lowest BCUT2D eigenvalue weighted by Crippen LogP contribution is -2.42. The first-order valence-corrected chi connectivity index (χ1v) is 6.13. The second kappa shape index (κ2) is 5.54. The minimum atomic E-state index is -0.376. The lowest BCUT2D eigenvalue weighted by Gasteiger charge is -2.23. The highest BCUT2D eigenvalue weighted by Crippen LogP contribution is 2.19. The molecular weight excluding hydrogens is 249 g/mol. The third-order valence-electron chi connectivity index (χ3n) is 3.38. The smallest absolute Gasteiger partial charge is 0.170 e. The number of halogens is 1. The van der Waals surface area contributed by atoms with E-state index in [0.29, 0.717) is 24.3 Å². The van der Waals surface area contributed by atoms with Crippen LogP contribution in [0.1, 0.15) is 24.5 Å². The molecule has 0 aromatic heterocycles. The quantitative estimate of drug-likeness (QED) is 0.331. The van der Waals surface area contributed by atoms with Crippen molar-refractivity contribution < 1.29 is 14.3 Å². The number of amidine groups is 1. The summed E-state index contributed by atoms with van der Waals surface area (Å²) in [4.78, 5) is 0. The Morgan fingerprint density at radius 1 is 1.63 bits per heavy atom. The Morgan fingerprint density at radius 3 is 3.00 bits per heavy atom. The van der Waals surface area contributed by atoms with Gasteiger partial charge in [0.2, 0.25) is 0 Å². The van der Waals surface area contributed by atoms with Gasteiger partial charge in [-0.1, -0.05) is 17.3 Å². The summed E-state index contributed by atoms with van der Waals surface area (Å²) in [6, 6.07) is 4.52. The number of hydrogen-bond donors (Lipinski definition) is 3. The zero-order chi connectivity index (χ0) is 13.9. The molecule has 1 saturated heterocycles. The molecule has 1 fully saturated rings. The predicted molar refractivity (Wildman–Crippen MR) is 69.6 cm³/mol. The van der Waals surface area contributed by atoms with Crippen LogP contribution in [0.4, 0.5) is 4.39 Å². The second-order valence-corrected chi connectivity index (χ2v) is 5.01. The molecule has 0 saturated carbocycles. The maximum absolute atomic E-state index is 13.9. The van der Waals surface area contributed by atoms with Crippen molar-refractivity contribution in [2.24, 2.45) is 10.9 Å². The van der Waals surface area contributed by atoms with E-state index in [1.165, 1.54) is 6.07 Å². The molecule has 1 aliphatic rings. The van der Waals surface area contributed by atoms with Crippen LogP contribution in [0.25, 0.3) is 0 Å². The van der Waals surface area contributed by atoms with E-state index in [2.05, 4.69) is 17.4 Å². The molecule has 1 aromatic rings. The molecule has 1 aliphatic heterocycles. The van der Waals surface area contributed by atoms with Crippen LogP contribution in [0.2, 0.25) is 0 Å². The van der Waals surface area contributed by atoms with E-state index in [9.17, 15) is 4.39 Å². The van der Waals surface area contributed by atoms with Gasteiger partial charge in [-0.2, -0.15) is 0 Å². The second-order valence-electron chi connectivity index (χ2n) is 5.01. The molecule has 4 N–H and O–H groups in total. The highest BCUT2D eigenvalue weighted by atomic mass is 19.1. The normalized spacial score (nSPS) is 23.8. The summed E-state index contributed by atoms with van der Waals surface area (Å²) >= 11 is 0. The van der Waals surface area contributed by atoms with Gasteiger partial charge in [0, 0.05) is 29.8 Å². The fourth-order valence-corrected chi connectivity index (χ4v) is 2.02. The zero-order valence-electron chi connectivity index (χ0n) is 10.8. The number of ether oxygens (including phenoxy) is 1. The number of nitrogens with one attached hydrogen (secondary N) is 1. The topological polar surface area (TPSA) is 79.9 Å². The van der Waals surface area contributed by atoms with Crippen LogP contribution < -0.4 is 11.1 Å². The van der Waals surface area contributed by atoms with Gasteiger partial charge in [-0.3, -0.25) is 0 Å². The summed E-state index contributed by atoms with van der Waals surface area (Å²) in [5, 5.41) is 14.7. The Morgan fingerprint density at radius 2 is 2.42 bits per heavy atom. The highest BCUT2D eigenvalue weighted by molar-refractivity contribution is 5.97. The Bertz CT molecular complexity index is 485. The van der Waals surface area contributed by atoms with E-state index in [4.69, 9.17) is 15.7 Å². The predicted octanol–water partition coefficient (Wildman–Crippen LogP) is 1.19. The van der Waals surface area contributed by atoms with Crippen molar-refractivity contribution in [3.63, 3.8) is 0 Å². The SMILES string of the molecule is CC1(NCc2ccc(/C(N)=N/O)cc2F)CCOC1. The lowest BCUT2D eigenvalue weighted by atomic mass is 10.0. The molecule has 1 atom stereocenters. The van der Waals surface area contributed by atoms with Crippen molar-refractivity contribution >= 4 is 5.84 Å². The Balaban J connectivity index is 2.05. The van der Waals surface area contributed by atoms with E-state index >= 15 is 0 Å². The molecule has 1 unspecified atom stereocenters. The Labute approximate surface area is 111 Å². The molecule has 1 heterocycles. The monoisotopic (exact) mass is 267 g/mol. The van der Waals surface area contributed by atoms with Gasteiger partial charge in [0.1, 0.15) is 5.82 Å². The van der Waals surface area contributed by atoms with Crippen LogP contribution in [0.15, 0.2) is 23.4 Å². The van der Waals surface area contributed by atoms with Gasteiger partial charge in [-0.25, -0.2) is 4.39 Å². The highest BCUT2D eigenvalue weighted by Gasteiger charge is 2.28. The van der Waals surface area contributed by atoms with Crippen LogP contribution >= 0.6 is 0 Å². The molecule has 6 heteroatoms. The number of hydrogen-bond acceptors (Lipinski definition) is 4. The first kappa shape index (κ1) is 13.8. The molecule has 19 heavy (non-hydrogen) atoms. The number of oxime groups is 1. The van der Waals surface area contributed by atoms with Crippen molar-refractivity contribution in [3.8, 4) is 0 Å². The summed E-state index contributed by atoms with van der Waals surface area (Å²) in [5.41, 5.74) is 6.21. The molecular formula is C13H18FN3O2. The van der Waals surface area contributed by atoms with Crippen LogP contribution in [0.5, 0.6) is 0 Å². The Hall–Kier alpha value is -1.66. The van der Waals surface area contributed by atoms with Gasteiger partial charge < -0.3 is 21.0 Å². The first-order chi connectivity index (χ1) is 9.04. The van der Waals surface area contributed by atoms with Gasteiger partial charge in [-0.15, -0.1) is 0 Å². The van der Waals surface area contributed by atoms with Crippen molar-refractivity contribution in [1.82, 2.24) is 5.32 Å². The number of nitrogens with two attached hydrogens (primary N) is 1. The van der Waals surface area contributed by atoms with Crippen molar-refractivity contribution in [2.75, 3.05) is 13.2 Å². The summed E-state index contributed by atoms with van der Waals surface area (Å²) in [6.45, 7) is 3.84. The van der Waals surface area contributed by atoms with Crippen LogP contribution in [0.3, 0.4) is 0 Å². The van der Waals surface area contributed by atoms with Gasteiger partial charge >= 0.3 is 0 Å². The minimum Gasteiger partial charge on any atom is -0.409 e. The minimum absolute atomic E-state index is 0.100. The fourth-order valence-electron chi connectivity index (χ4n) is 2.02. The van der Waals surface area contributed by atoms with Crippen molar-refractivity contribution in [3.05, 3.63) is 35.1 Å². The van der Waals surface area contributed by atoms with Gasteiger partial charge in [0.15, 0.2) is 5.84 Å². The van der Waals surface area contributed by atoms with Crippen molar-refractivity contribution in [1.29, 1.82) is 0 Å². The molecule has 5 nitrogen and oxygen atoms in total. The largest absolute Gasteiger partial charge is 0.409 e. The average molecular weight is 267 g/mol. The third kappa shape index (κ3) is 3.21. The lowest BCUT2D eigenvalue weighted by molar-refractivity contribution is 0.171. The zero-order valence-corrected chi connectivity index (χ0v) is 10.8. The third-order valence-corrected chi connectivity index (χ3v) is 3.38. The van der Waals surface area contributed by atoms with Gasteiger partial charge in [-0.05, 0) is 19.4 Å². The first-order valence-electron chi connectivity index (χ1n) is 6.13. The average Bonchev–Trinajstić information content (AvgIpc) is 2.83. The van der Waals surface area contributed by atoms with Crippen LogP contribution in [0, 0.1) is 5.82 Å². The standard InChI is InChI=1S/C13H18FN3O2/c1-13(4-5-19-8-13)16-7-10-3-2-9(6-11(10)14)12(15)17-18/h2-3,6,16,18H,4-5,7-8H2,1H3,(H2,15,17). The maximum Gasteiger partial charge on any atom is 0.170 e. The fraction of sp³-hybridized carbons (Fsp3) is 0.462. The molecule has 104 valence electrons. The summed E-state index contributed by atoms with van der Waals surface area (Å²) in [5.74, 6) is -0.478. The van der Waals surface area contributed by atoms with Gasteiger partial charge in [0.05, 0.1) is 6.61 Å². The Kier molecular flexibility index (Phi) is 4.01. The molecule has 0 radical (unpaired) electrons. The van der Waals surface area contributed by atoms with E-state index in [-0.39, 0.29) is 17.2 Å². The maximum atomic E-state index is 13.9. The molecule has 2 rings (SSSR count). The molecule has 0 spiro atoms. The number of rotatable bonds is 4. The summed E-state index contributed by atoms with van der Waals surface area (Å²) in [7, 11) is 0. The summed E-state index contributed by atoms with van der Waals surface area (Å²) < 4.78 is 19.2. The molecule has 1 aromatic carbocycles. The van der Waals surface area contributed by atoms with E-state index < -0.39 is 0 Å². The van der Waals surface area contributed by atoms with E-state index in [1.54, 1.807) is 12.1 Å².